The summed E-state index contributed by atoms with van der Waals surface area (Å²) < 4.78 is 0. The molecule has 0 heterocycles. The van der Waals surface area contributed by atoms with Crippen molar-refractivity contribution < 1.29 is 5.11 Å². The van der Waals surface area contributed by atoms with Crippen molar-refractivity contribution in [1.82, 2.24) is 5.32 Å². The Hall–Kier alpha value is -0.0800. The van der Waals surface area contributed by atoms with Crippen LogP contribution in [-0.2, 0) is 0 Å². The van der Waals surface area contributed by atoms with E-state index in [2.05, 4.69) is 12.2 Å². The zero-order chi connectivity index (χ0) is 6.41. The molecule has 2 nitrogen and oxygen atoms in total. The third-order valence-electron chi connectivity index (χ3n) is 1.06. The predicted molar refractivity (Wildman–Crippen MR) is 34.8 cm³/mol. The molecule has 0 aliphatic rings. The van der Waals surface area contributed by atoms with Gasteiger partial charge in [0.1, 0.15) is 0 Å². The van der Waals surface area contributed by atoms with Gasteiger partial charge in [0.2, 0.25) is 0 Å². The molecule has 0 aromatic carbocycles. The van der Waals surface area contributed by atoms with Crippen molar-refractivity contribution in [2.24, 2.45) is 0 Å². The number of rotatable bonds is 4. The van der Waals surface area contributed by atoms with Crippen molar-refractivity contribution in [2.75, 3.05) is 13.6 Å². The van der Waals surface area contributed by atoms with Gasteiger partial charge in [-0.2, -0.15) is 0 Å². The van der Waals surface area contributed by atoms with E-state index in [0.29, 0.717) is 6.54 Å². The standard InChI is InChI=1S/C6H15NO/c1-3-4-6(8)5-7-2/h6-8H,3-5H2,1-2H3/t6-/m1/s1. The van der Waals surface area contributed by atoms with Crippen molar-refractivity contribution in [3.63, 3.8) is 0 Å². The van der Waals surface area contributed by atoms with Crippen molar-refractivity contribution in [3.05, 3.63) is 0 Å². The first-order valence-corrected chi connectivity index (χ1v) is 3.14. The lowest BCUT2D eigenvalue weighted by atomic mass is 10.2. The number of aliphatic hydroxyl groups is 1. The fourth-order valence-electron chi connectivity index (χ4n) is 0.671. The Balaban J connectivity index is 2.92. The van der Waals surface area contributed by atoms with E-state index >= 15 is 0 Å². The molecule has 50 valence electrons. The molecular formula is C6H15NO. The summed E-state index contributed by atoms with van der Waals surface area (Å²) in [7, 11) is 1.85. The molecule has 0 unspecified atom stereocenters. The number of nitrogens with one attached hydrogen (secondary N) is 1. The first kappa shape index (κ1) is 7.92. The average molecular weight is 117 g/mol. The molecule has 0 spiro atoms. The van der Waals surface area contributed by atoms with Crippen LogP contribution in [0.15, 0.2) is 0 Å². The minimum atomic E-state index is -0.148. The molecule has 0 amide bonds. The lowest BCUT2D eigenvalue weighted by Gasteiger charge is -2.05. The second kappa shape index (κ2) is 5.06. The molecule has 1 atom stereocenters. The summed E-state index contributed by atoms with van der Waals surface area (Å²) in [6.07, 6.45) is 1.81. The van der Waals surface area contributed by atoms with Gasteiger partial charge in [-0.05, 0) is 13.5 Å². The maximum atomic E-state index is 8.99. The smallest absolute Gasteiger partial charge is 0.0664 e. The number of likely N-dealkylation sites (N-methyl/N-ethyl adjacent to an activating group) is 1. The van der Waals surface area contributed by atoms with Crippen LogP contribution in [0.3, 0.4) is 0 Å². The van der Waals surface area contributed by atoms with E-state index in [1.54, 1.807) is 0 Å². The summed E-state index contributed by atoms with van der Waals surface area (Å²) in [5.41, 5.74) is 0. The molecular weight excluding hydrogens is 102 g/mol. The van der Waals surface area contributed by atoms with E-state index in [1.807, 2.05) is 7.05 Å². The van der Waals surface area contributed by atoms with Gasteiger partial charge in [0.25, 0.3) is 0 Å². The van der Waals surface area contributed by atoms with Gasteiger partial charge in [-0.15, -0.1) is 0 Å². The SMILES string of the molecule is CCC[C@@H](O)CNC. The highest BCUT2D eigenvalue weighted by Gasteiger charge is 1.97. The van der Waals surface area contributed by atoms with Crippen LogP contribution in [0.25, 0.3) is 0 Å². The highest BCUT2D eigenvalue weighted by atomic mass is 16.3. The van der Waals surface area contributed by atoms with E-state index in [4.69, 9.17) is 5.11 Å². The van der Waals surface area contributed by atoms with Crippen LogP contribution in [-0.4, -0.2) is 24.8 Å². The number of hydrogen-bond acceptors (Lipinski definition) is 2. The monoisotopic (exact) mass is 117 g/mol. The van der Waals surface area contributed by atoms with Crippen LogP contribution < -0.4 is 5.32 Å². The Labute approximate surface area is 50.9 Å². The van der Waals surface area contributed by atoms with Gasteiger partial charge in [0, 0.05) is 6.54 Å². The van der Waals surface area contributed by atoms with Crippen LogP contribution in [0.5, 0.6) is 0 Å². The fraction of sp³-hybridized carbons (Fsp3) is 1.00. The maximum absolute atomic E-state index is 8.99. The molecule has 0 saturated carbocycles. The van der Waals surface area contributed by atoms with Crippen LogP contribution in [0.1, 0.15) is 19.8 Å². The van der Waals surface area contributed by atoms with Gasteiger partial charge in [-0.3, -0.25) is 0 Å². The predicted octanol–water partition coefficient (Wildman–Crippen LogP) is 0.367. The van der Waals surface area contributed by atoms with Crippen LogP contribution in [0, 0.1) is 0 Å². The molecule has 0 radical (unpaired) electrons. The summed E-state index contributed by atoms with van der Waals surface area (Å²) >= 11 is 0. The molecule has 2 N–H and O–H groups in total. The van der Waals surface area contributed by atoms with Gasteiger partial charge in [-0.1, -0.05) is 13.3 Å². The van der Waals surface area contributed by atoms with Gasteiger partial charge in [0.05, 0.1) is 6.10 Å². The molecule has 0 rings (SSSR count). The Morgan fingerprint density at radius 2 is 2.25 bits per heavy atom. The number of aliphatic hydroxyl groups excluding tert-OH is 1. The minimum absolute atomic E-state index is 0.148. The van der Waals surface area contributed by atoms with E-state index in [0.717, 1.165) is 12.8 Å². The molecule has 0 aromatic heterocycles. The molecule has 0 aliphatic carbocycles. The summed E-state index contributed by atoms with van der Waals surface area (Å²) in [5.74, 6) is 0. The van der Waals surface area contributed by atoms with E-state index in [1.165, 1.54) is 0 Å². The molecule has 0 aliphatic heterocycles. The van der Waals surface area contributed by atoms with E-state index < -0.39 is 0 Å². The van der Waals surface area contributed by atoms with Gasteiger partial charge < -0.3 is 10.4 Å². The Morgan fingerprint density at radius 3 is 2.62 bits per heavy atom. The Bertz CT molecular complexity index is 41.8. The van der Waals surface area contributed by atoms with Crippen LogP contribution in [0.2, 0.25) is 0 Å². The average Bonchev–Trinajstić information content (AvgIpc) is 1.68. The molecule has 0 bridgehead atoms. The third kappa shape index (κ3) is 4.09. The molecule has 0 aromatic rings. The molecule has 8 heavy (non-hydrogen) atoms. The van der Waals surface area contributed by atoms with Crippen molar-refractivity contribution in [2.45, 2.75) is 25.9 Å². The van der Waals surface area contributed by atoms with Crippen LogP contribution >= 0.6 is 0 Å². The Morgan fingerprint density at radius 1 is 1.62 bits per heavy atom. The van der Waals surface area contributed by atoms with E-state index in [-0.39, 0.29) is 6.10 Å². The van der Waals surface area contributed by atoms with Crippen molar-refractivity contribution in [3.8, 4) is 0 Å². The molecule has 0 saturated heterocycles. The quantitative estimate of drug-likeness (QED) is 0.557. The zero-order valence-electron chi connectivity index (χ0n) is 5.65. The second-order valence-electron chi connectivity index (χ2n) is 2.00. The van der Waals surface area contributed by atoms with Gasteiger partial charge >= 0.3 is 0 Å². The molecule has 2 heteroatoms. The normalized spacial score (nSPS) is 13.9. The lowest BCUT2D eigenvalue weighted by Crippen LogP contribution is -2.22. The first-order chi connectivity index (χ1) is 3.81. The summed E-state index contributed by atoms with van der Waals surface area (Å²) in [6, 6.07) is 0. The minimum Gasteiger partial charge on any atom is -0.392 e. The largest absolute Gasteiger partial charge is 0.392 e. The topological polar surface area (TPSA) is 32.3 Å². The Kier molecular flexibility index (Phi) is 5.01. The molecule has 0 fully saturated rings. The van der Waals surface area contributed by atoms with Crippen LogP contribution in [0.4, 0.5) is 0 Å². The highest BCUT2D eigenvalue weighted by molar-refractivity contribution is 4.54. The van der Waals surface area contributed by atoms with E-state index in [9.17, 15) is 0 Å². The zero-order valence-corrected chi connectivity index (χ0v) is 5.65. The maximum Gasteiger partial charge on any atom is 0.0664 e. The lowest BCUT2D eigenvalue weighted by molar-refractivity contribution is 0.163. The second-order valence-corrected chi connectivity index (χ2v) is 2.00. The fourth-order valence-corrected chi connectivity index (χ4v) is 0.671. The number of hydrogen-bond donors (Lipinski definition) is 2. The van der Waals surface area contributed by atoms with Gasteiger partial charge in [0.15, 0.2) is 0 Å². The summed E-state index contributed by atoms with van der Waals surface area (Å²) in [4.78, 5) is 0. The first-order valence-electron chi connectivity index (χ1n) is 3.14. The van der Waals surface area contributed by atoms with Crippen molar-refractivity contribution in [1.29, 1.82) is 0 Å². The van der Waals surface area contributed by atoms with Crippen molar-refractivity contribution >= 4 is 0 Å². The van der Waals surface area contributed by atoms with Gasteiger partial charge in [-0.25, -0.2) is 0 Å². The highest BCUT2D eigenvalue weighted by Crippen LogP contribution is 1.92. The third-order valence-corrected chi connectivity index (χ3v) is 1.06. The summed E-state index contributed by atoms with van der Waals surface area (Å²) in [5, 5.41) is 11.9. The summed E-state index contributed by atoms with van der Waals surface area (Å²) in [6.45, 7) is 2.78.